The summed E-state index contributed by atoms with van der Waals surface area (Å²) >= 11 is 0. The average Bonchev–Trinajstić information content (AvgIpc) is 2.43. The normalized spacial score (nSPS) is 10.4. The lowest BCUT2D eigenvalue weighted by molar-refractivity contribution is 0.0752. The van der Waals surface area contributed by atoms with Crippen molar-refractivity contribution < 1.29 is 4.79 Å². The van der Waals surface area contributed by atoms with Gasteiger partial charge in [-0.05, 0) is 50.1 Å². The van der Waals surface area contributed by atoms with Gasteiger partial charge in [0.05, 0.1) is 0 Å². The fraction of sp³-hybridized carbons (Fsp3) is 0.278. The summed E-state index contributed by atoms with van der Waals surface area (Å²) in [6.45, 7) is 7.28. The Hall–Kier alpha value is -2.29. The number of carbonyl (C=O) groups is 1. The molecule has 0 fully saturated rings. The van der Waals surface area contributed by atoms with Crippen LogP contribution in [-0.4, -0.2) is 17.4 Å². The maximum absolute atomic E-state index is 12.6. The summed E-state index contributed by atoms with van der Waals surface area (Å²) in [6, 6.07) is 13.7. The fourth-order valence-electron chi connectivity index (χ4n) is 2.48. The van der Waals surface area contributed by atoms with Crippen LogP contribution in [0.25, 0.3) is 0 Å². The van der Waals surface area contributed by atoms with Gasteiger partial charge in [0.25, 0.3) is 5.91 Å². The molecular formula is C18H22N2O. The molecule has 21 heavy (non-hydrogen) atoms. The van der Waals surface area contributed by atoms with Crippen LogP contribution >= 0.6 is 0 Å². The molecule has 3 heteroatoms. The number of nitrogen functional groups attached to an aromatic ring is 1. The Bertz CT molecular complexity index is 629. The summed E-state index contributed by atoms with van der Waals surface area (Å²) in [5, 5.41) is 0. The van der Waals surface area contributed by atoms with Crippen LogP contribution in [0.3, 0.4) is 0 Å². The van der Waals surface area contributed by atoms with Crippen LogP contribution in [0.5, 0.6) is 0 Å². The maximum Gasteiger partial charge on any atom is 0.254 e. The van der Waals surface area contributed by atoms with E-state index in [1.54, 1.807) is 6.07 Å². The molecule has 0 aliphatic rings. The molecule has 0 saturated heterocycles. The lowest BCUT2D eigenvalue weighted by atomic mass is 10.1. The molecule has 0 radical (unpaired) electrons. The number of nitrogens with zero attached hydrogens (tertiary/aromatic N) is 1. The number of aryl methyl sites for hydroxylation is 2. The smallest absolute Gasteiger partial charge is 0.254 e. The van der Waals surface area contributed by atoms with Crippen molar-refractivity contribution in [3.05, 3.63) is 64.7 Å². The van der Waals surface area contributed by atoms with E-state index >= 15 is 0 Å². The van der Waals surface area contributed by atoms with Gasteiger partial charge in [0.2, 0.25) is 0 Å². The molecule has 1 amide bonds. The van der Waals surface area contributed by atoms with Gasteiger partial charge in [-0.2, -0.15) is 0 Å². The van der Waals surface area contributed by atoms with E-state index in [0.717, 1.165) is 11.1 Å². The number of amides is 1. The number of hydrogen-bond donors (Lipinski definition) is 1. The van der Waals surface area contributed by atoms with Gasteiger partial charge in [0.1, 0.15) is 0 Å². The van der Waals surface area contributed by atoms with Crippen LogP contribution in [0.1, 0.15) is 34.0 Å². The van der Waals surface area contributed by atoms with Crippen molar-refractivity contribution in [1.29, 1.82) is 0 Å². The van der Waals surface area contributed by atoms with Crippen LogP contribution in [0.2, 0.25) is 0 Å². The second-order valence-electron chi connectivity index (χ2n) is 5.44. The molecule has 0 bridgehead atoms. The SMILES string of the molecule is CCN(Cc1cccc(C)c1)C(=O)c1cc(C)cc(N)c1. The molecule has 0 aliphatic heterocycles. The first-order chi connectivity index (χ1) is 9.99. The molecule has 2 aromatic rings. The predicted molar refractivity (Wildman–Crippen MR) is 87.2 cm³/mol. The van der Waals surface area contributed by atoms with Crippen LogP contribution in [0, 0.1) is 13.8 Å². The Labute approximate surface area is 126 Å². The third-order valence-electron chi connectivity index (χ3n) is 3.47. The maximum atomic E-state index is 12.6. The molecule has 110 valence electrons. The Balaban J connectivity index is 2.22. The molecule has 0 aromatic heterocycles. The lowest BCUT2D eigenvalue weighted by Gasteiger charge is -2.21. The minimum absolute atomic E-state index is 0.0226. The highest BCUT2D eigenvalue weighted by atomic mass is 16.2. The van der Waals surface area contributed by atoms with Crippen molar-refractivity contribution >= 4 is 11.6 Å². The second kappa shape index (κ2) is 6.44. The largest absolute Gasteiger partial charge is 0.399 e. The van der Waals surface area contributed by atoms with Gasteiger partial charge in [-0.15, -0.1) is 0 Å². The Morgan fingerprint density at radius 2 is 1.86 bits per heavy atom. The quantitative estimate of drug-likeness (QED) is 0.872. The molecule has 3 nitrogen and oxygen atoms in total. The first-order valence-electron chi connectivity index (χ1n) is 7.21. The van der Waals surface area contributed by atoms with Gasteiger partial charge in [-0.1, -0.05) is 29.8 Å². The fourth-order valence-corrected chi connectivity index (χ4v) is 2.48. The minimum Gasteiger partial charge on any atom is -0.399 e. The van der Waals surface area contributed by atoms with E-state index in [1.165, 1.54) is 5.56 Å². The summed E-state index contributed by atoms with van der Waals surface area (Å²) in [7, 11) is 0. The zero-order valence-corrected chi connectivity index (χ0v) is 12.9. The van der Waals surface area contributed by atoms with Gasteiger partial charge < -0.3 is 10.6 Å². The number of rotatable bonds is 4. The molecule has 0 aliphatic carbocycles. The van der Waals surface area contributed by atoms with E-state index in [0.29, 0.717) is 24.3 Å². The number of benzene rings is 2. The third kappa shape index (κ3) is 3.85. The van der Waals surface area contributed by atoms with E-state index in [4.69, 9.17) is 5.73 Å². The van der Waals surface area contributed by atoms with Gasteiger partial charge in [0, 0.05) is 24.3 Å². The van der Waals surface area contributed by atoms with Crippen molar-refractivity contribution in [2.75, 3.05) is 12.3 Å². The van der Waals surface area contributed by atoms with E-state index in [9.17, 15) is 4.79 Å². The van der Waals surface area contributed by atoms with Crippen molar-refractivity contribution in [3.8, 4) is 0 Å². The topological polar surface area (TPSA) is 46.3 Å². The van der Waals surface area contributed by atoms with Crippen molar-refractivity contribution in [2.45, 2.75) is 27.3 Å². The predicted octanol–water partition coefficient (Wildman–Crippen LogP) is 3.55. The molecule has 0 saturated carbocycles. The second-order valence-corrected chi connectivity index (χ2v) is 5.44. The first kappa shape index (κ1) is 15.1. The molecule has 0 atom stereocenters. The molecule has 0 heterocycles. The van der Waals surface area contributed by atoms with Crippen LogP contribution in [0.15, 0.2) is 42.5 Å². The monoisotopic (exact) mass is 282 g/mol. The highest BCUT2D eigenvalue weighted by molar-refractivity contribution is 5.95. The lowest BCUT2D eigenvalue weighted by Crippen LogP contribution is -2.30. The first-order valence-corrected chi connectivity index (χ1v) is 7.21. The average molecular weight is 282 g/mol. The molecule has 2 aromatic carbocycles. The van der Waals surface area contributed by atoms with E-state index in [1.807, 2.05) is 43.0 Å². The van der Waals surface area contributed by atoms with Crippen molar-refractivity contribution in [3.63, 3.8) is 0 Å². The van der Waals surface area contributed by atoms with Gasteiger partial charge in [-0.25, -0.2) is 0 Å². The van der Waals surface area contributed by atoms with E-state index in [2.05, 4.69) is 19.1 Å². The summed E-state index contributed by atoms with van der Waals surface area (Å²) in [4.78, 5) is 14.5. The number of hydrogen-bond acceptors (Lipinski definition) is 2. The zero-order chi connectivity index (χ0) is 15.4. The summed E-state index contributed by atoms with van der Waals surface area (Å²) in [5.74, 6) is 0.0226. The molecule has 2 rings (SSSR count). The van der Waals surface area contributed by atoms with Crippen LogP contribution in [-0.2, 0) is 6.54 Å². The van der Waals surface area contributed by atoms with Crippen molar-refractivity contribution in [1.82, 2.24) is 4.90 Å². The zero-order valence-electron chi connectivity index (χ0n) is 12.9. The van der Waals surface area contributed by atoms with E-state index < -0.39 is 0 Å². The number of carbonyl (C=O) groups excluding carboxylic acids is 1. The summed E-state index contributed by atoms with van der Waals surface area (Å²) < 4.78 is 0. The Morgan fingerprint density at radius 3 is 2.48 bits per heavy atom. The molecular weight excluding hydrogens is 260 g/mol. The van der Waals surface area contributed by atoms with Crippen LogP contribution in [0.4, 0.5) is 5.69 Å². The Kier molecular flexibility index (Phi) is 4.63. The number of nitrogens with two attached hydrogens (primary N) is 1. The van der Waals surface area contributed by atoms with Gasteiger partial charge >= 0.3 is 0 Å². The van der Waals surface area contributed by atoms with Crippen LogP contribution < -0.4 is 5.73 Å². The van der Waals surface area contributed by atoms with Gasteiger partial charge in [0.15, 0.2) is 0 Å². The third-order valence-corrected chi connectivity index (χ3v) is 3.47. The summed E-state index contributed by atoms with van der Waals surface area (Å²) in [5.41, 5.74) is 10.5. The van der Waals surface area contributed by atoms with Gasteiger partial charge in [-0.3, -0.25) is 4.79 Å². The molecule has 0 unspecified atom stereocenters. The standard InChI is InChI=1S/C18H22N2O/c1-4-20(12-15-7-5-6-13(2)8-15)18(21)16-9-14(3)10-17(19)11-16/h5-11H,4,12,19H2,1-3H3. The van der Waals surface area contributed by atoms with Crippen molar-refractivity contribution in [2.24, 2.45) is 0 Å². The minimum atomic E-state index is 0.0226. The summed E-state index contributed by atoms with van der Waals surface area (Å²) in [6.07, 6.45) is 0. The molecule has 2 N–H and O–H groups in total. The highest BCUT2D eigenvalue weighted by Gasteiger charge is 2.15. The Morgan fingerprint density at radius 1 is 1.10 bits per heavy atom. The molecule has 0 spiro atoms. The van der Waals surface area contributed by atoms with E-state index in [-0.39, 0.29) is 5.91 Å². The highest BCUT2D eigenvalue weighted by Crippen LogP contribution is 2.15. The number of anilines is 1.